The molecule has 35 heavy (non-hydrogen) atoms. The zero-order chi connectivity index (χ0) is 26.5. The first-order chi connectivity index (χ1) is 16.6. The number of carbonyl (C=O) groups is 2. The van der Waals surface area contributed by atoms with Gasteiger partial charge in [-0.15, -0.1) is 6.58 Å². The molecule has 1 unspecified atom stereocenters. The van der Waals surface area contributed by atoms with E-state index in [1.807, 2.05) is 13.7 Å². The molecule has 0 spiro atoms. The van der Waals surface area contributed by atoms with Crippen molar-refractivity contribution in [2.45, 2.75) is 45.8 Å². The maximum atomic E-state index is 12.8. The van der Waals surface area contributed by atoms with Crippen LogP contribution in [0.1, 0.15) is 43.9 Å². The van der Waals surface area contributed by atoms with Gasteiger partial charge in [-0.05, 0) is 43.4 Å². The number of alkyl halides is 2. The lowest BCUT2D eigenvalue weighted by Crippen LogP contribution is -2.27. The Hall–Kier alpha value is -2.71. The van der Waals surface area contributed by atoms with Crippen LogP contribution in [0.5, 0.6) is 11.5 Å². The van der Waals surface area contributed by atoms with Gasteiger partial charge in [0.25, 0.3) is 0 Å². The van der Waals surface area contributed by atoms with Crippen LogP contribution in [-0.4, -0.2) is 26.0 Å². The van der Waals surface area contributed by atoms with Gasteiger partial charge in [-0.2, -0.15) is 8.78 Å². The summed E-state index contributed by atoms with van der Waals surface area (Å²) < 4.78 is 43.0. The summed E-state index contributed by atoms with van der Waals surface area (Å²) in [6, 6.07) is 4.49. The van der Waals surface area contributed by atoms with Gasteiger partial charge < -0.3 is 19.0 Å². The Labute approximate surface area is 214 Å². The Morgan fingerprint density at radius 2 is 1.77 bits per heavy atom. The summed E-state index contributed by atoms with van der Waals surface area (Å²) in [6.45, 7) is 5.97. The van der Waals surface area contributed by atoms with Crippen molar-refractivity contribution in [3.05, 3.63) is 64.4 Å². The fourth-order valence-electron chi connectivity index (χ4n) is 3.00. The monoisotopic (exact) mass is 532 g/mol. The standard InChI is InChI=1S/C21H22Cl2F2NO4.C3H6.CH2O/c1-12(27)29-19(8-15-16(22)9-26(2)10-17(15)23)14-5-6-18(30-21(24)25)20(7-14)28-11-13-3-4-13;1-3-2;1-2/h5-7,9-10,13,19,21H,3-4,8,11H2,1-2H3;3H,1H2,2H3;1H2/q+1;;. The molecule has 1 aliphatic carbocycles. The number of aryl methyl sites for hydroxylation is 1. The van der Waals surface area contributed by atoms with Gasteiger partial charge in [0.2, 0.25) is 0 Å². The van der Waals surface area contributed by atoms with E-state index < -0.39 is 18.7 Å². The molecule has 1 saturated carbocycles. The predicted molar refractivity (Wildman–Crippen MR) is 130 cm³/mol. The minimum atomic E-state index is -2.98. The van der Waals surface area contributed by atoms with Crippen molar-refractivity contribution in [3.63, 3.8) is 0 Å². The second kappa shape index (κ2) is 15.3. The first kappa shape index (κ1) is 30.3. The SMILES string of the molecule is C=CC.C=O.CC(=O)OC(Cc1c(Cl)c[n+](C)cc1Cl)c1ccc(OC(F)F)c(OCC2CC2)c1. The van der Waals surface area contributed by atoms with E-state index >= 15 is 0 Å². The van der Waals surface area contributed by atoms with E-state index in [-0.39, 0.29) is 17.9 Å². The molecule has 2 aromatic rings. The Bertz CT molecular complexity index is 963. The molecule has 0 saturated heterocycles. The molecule has 6 nitrogen and oxygen atoms in total. The number of allylic oxidation sites excluding steroid dienone is 1. The van der Waals surface area contributed by atoms with Crippen LogP contribution >= 0.6 is 23.2 Å². The van der Waals surface area contributed by atoms with Crippen molar-refractivity contribution >= 4 is 36.0 Å². The highest BCUT2D eigenvalue weighted by Gasteiger charge is 2.25. The predicted octanol–water partition coefficient (Wildman–Crippen LogP) is 6.06. The average molecular weight is 533 g/mol. The number of aromatic nitrogens is 1. The number of rotatable bonds is 9. The Balaban J connectivity index is 0.00000114. The number of esters is 1. The van der Waals surface area contributed by atoms with Gasteiger partial charge in [-0.3, -0.25) is 4.79 Å². The molecular formula is C25H30Cl2F2NO5+. The zero-order valence-corrected chi connectivity index (χ0v) is 21.5. The minimum absolute atomic E-state index is 0.0706. The molecule has 0 N–H and O–H groups in total. The van der Waals surface area contributed by atoms with Gasteiger partial charge in [0.1, 0.15) is 30.0 Å². The van der Waals surface area contributed by atoms with Crippen LogP contribution < -0.4 is 14.0 Å². The fraction of sp³-hybridized carbons (Fsp3) is 0.400. The lowest BCUT2D eigenvalue weighted by molar-refractivity contribution is -0.671. The number of carbonyl (C=O) groups excluding carboxylic acids is 2. The molecule has 1 atom stereocenters. The first-order valence-electron chi connectivity index (χ1n) is 10.7. The minimum Gasteiger partial charge on any atom is -0.489 e. The molecular weight excluding hydrogens is 503 g/mol. The van der Waals surface area contributed by atoms with Crippen molar-refractivity contribution in [1.82, 2.24) is 0 Å². The molecule has 1 aliphatic rings. The summed E-state index contributed by atoms with van der Waals surface area (Å²) in [5, 5.41) is 0.843. The van der Waals surface area contributed by atoms with E-state index in [0.717, 1.165) is 12.8 Å². The highest BCUT2D eigenvalue weighted by molar-refractivity contribution is 6.35. The summed E-state index contributed by atoms with van der Waals surface area (Å²) in [5.41, 5.74) is 1.16. The maximum Gasteiger partial charge on any atom is 0.387 e. The summed E-state index contributed by atoms with van der Waals surface area (Å²) >= 11 is 12.7. The zero-order valence-electron chi connectivity index (χ0n) is 19.9. The number of hydrogen-bond acceptors (Lipinski definition) is 5. The van der Waals surface area contributed by atoms with Gasteiger partial charge in [0, 0.05) is 18.9 Å². The first-order valence-corrected chi connectivity index (χ1v) is 11.5. The van der Waals surface area contributed by atoms with E-state index in [9.17, 15) is 13.6 Å². The number of ether oxygens (including phenoxy) is 3. The number of nitrogens with zero attached hydrogens (tertiary/aromatic N) is 1. The maximum absolute atomic E-state index is 12.8. The van der Waals surface area contributed by atoms with Gasteiger partial charge in [0.05, 0.1) is 6.61 Å². The van der Waals surface area contributed by atoms with E-state index in [2.05, 4.69) is 11.3 Å². The fourth-order valence-corrected chi connectivity index (χ4v) is 3.71. The van der Waals surface area contributed by atoms with Crippen LogP contribution in [0.3, 0.4) is 0 Å². The van der Waals surface area contributed by atoms with Crippen LogP contribution in [0.4, 0.5) is 8.78 Å². The highest BCUT2D eigenvalue weighted by atomic mass is 35.5. The molecule has 0 amide bonds. The Morgan fingerprint density at radius 1 is 1.20 bits per heavy atom. The average Bonchev–Trinajstić information content (AvgIpc) is 3.60. The van der Waals surface area contributed by atoms with Crippen molar-refractivity contribution in [2.75, 3.05) is 6.61 Å². The van der Waals surface area contributed by atoms with Crippen molar-refractivity contribution in [1.29, 1.82) is 0 Å². The third-order valence-corrected chi connectivity index (χ3v) is 5.29. The van der Waals surface area contributed by atoms with E-state index in [1.165, 1.54) is 13.0 Å². The number of hydrogen-bond donors (Lipinski definition) is 0. The van der Waals surface area contributed by atoms with Gasteiger partial charge in [0.15, 0.2) is 23.9 Å². The Kier molecular flexibility index (Phi) is 13.3. The van der Waals surface area contributed by atoms with Gasteiger partial charge >= 0.3 is 12.6 Å². The Morgan fingerprint density at radius 3 is 2.26 bits per heavy atom. The molecule has 0 radical (unpaired) electrons. The summed E-state index contributed by atoms with van der Waals surface area (Å²) in [6.07, 6.45) is 6.69. The van der Waals surface area contributed by atoms with Crippen molar-refractivity contribution in [2.24, 2.45) is 13.0 Å². The molecule has 1 heterocycles. The molecule has 1 aromatic carbocycles. The molecule has 0 aliphatic heterocycles. The highest BCUT2D eigenvalue weighted by Crippen LogP contribution is 2.37. The largest absolute Gasteiger partial charge is 0.489 e. The van der Waals surface area contributed by atoms with Crippen molar-refractivity contribution < 1.29 is 37.1 Å². The summed E-state index contributed by atoms with van der Waals surface area (Å²) in [7, 11) is 1.79. The summed E-state index contributed by atoms with van der Waals surface area (Å²) in [4.78, 5) is 19.7. The normalized spacial score (nSPS) is 12.9. The molecule has 3 rings (SSSR count). The lowest BCUT2D eigenvalue weighted by atomic mass is 10.0. The molecule has 10 heteroatoms. The topological polar surface area (TPSA) is 65.7 Å². The molecule has 1 aromatic heterocycles. The molecule has 192 valence electrons. The van der Waals surface area contributed by atoms with Crippen LogP contribution in [0.15, 0.2) is 43.2 Å². The third kappa shape index (κ3) is 10.6. The van der Waals surface area contributed by atoms with Crippen LogP contribution in [0.2, 0.25) is 10.0 Å². The second-order valence-electron chi connectivity index (χ2n) is 7.65. The van der Waals surface area contributed by atoms with E-state index in [4.69, 9.17) is 37.5 Å². The number of halogens is 4. The molecule has 1 fully saturated rings. The second-order valence-corrected chi connectivity index (χ2v) is 8.46. The van der Waals surface area contributed by atoms with Crippen LogP contribution in [0, 0.1) is 5.92 Å². The van der Waals surface area contributed by atoms with Gasteiger partial charge in [-0.1, -0.05) is 35.3 Å². The van der Waals surface area contributed by atoms with Crippen LogP contribution in [-0.2, 0) is 27.8 Å². The van der Waals surface area contributed by atoms with Crippen molar-refractivity contribution in [3.8, 4) is 11.5 Å². The lowest BCUT2D eigenvalue weighted by Gasteiger charge is -2.20. The summed E-state index contributed by atoms with van der Waals surface area (Å²) in [5.74, 6) is 0.0226. The number of benzene rings is 1. The van der Waals surface area contributed by atoms with Crippen LogP contribution in [0.25, 0.3) is 0 Å². The van der Waals surface area contributed by atoms with Gasteiger partial charge in [-0.25, -0.2) is 4.57 Å². The number of pyridine rings is 1. The smallest absolute Gasteiger partial charge is 0.387 e. The van der Waals surface area contributed by atoms with E-state index in [0.29, 0.717) is 33.7 Å². The molecule has 0 bridgehead atoms. The van der Waals surface area contributed by atoms with E-state index in [1.54, 1.807) is 42.2 Å². The third-order valence-electron chi connectivity index (χ3n) is 4.64. The quantitative estimate of drug-likeness (QED) is 0.223.